The number of halogens is 2. The second-order valence-electron chi connectivity index (χ2n) is 4.30. The number of carbonyl (C=O) groups is 1. The summed E-state index contributed by atoms with van der Waals surface area (Å²) in [5.74, 6) is 0.152. The molecule has 0 aliphatic heterocycles. The van der Waals surface area contributed by atoms with E-state index in [2.05, 4.69) is 5.32 Å². The number of benzene rings is 1. The number of hydrogen-bond donors (Lipinski definition) is 2. The average molecular weight is 350 g/mol. The Labute approximate surface area is 138 Å². The molecule has 0 heterocycles. The Bertz CT molecular complexity index is 522. The van der Waals surface area contributed by atoms with E-state index >= 15 is 0 Å². The average Bonchev–Trinajstić information content (AvgIpc) is 2.51. The first kappa shape index (κ1) is 18.5. The van der Waals surface area contributed by atoms with Crippen LogP contribution in [0.3, 0.4) is 0 Å². The third kappa shape index (κ3) is 5.01. The number of carbonyl (C=O) groups excluding carboxylic acids is 1. The number of hydrogen-bond acceptors (Lipinski definition) is 5. The van der Waals surface area contributed by atoms with Gasteiger partial charge in [0, 0.05) is 43.5 Å². The van der Waals surface area contributed by atoms with Gasteiger partial charge < -0.3 is 15.3 Å². The van der Waals surface area contributed by atoms with E-state index in [0.29, 0.717) is 30.5 Å². The monoisotopic (exact) mass is 349 g/mol. The van der Waals surface area contributed by atoms with Gasteiger partial charge in [-0.1, -0.05) is 0 Å². The number of aliphatic hydroxyl groups excluding tert-OH is 1. The lowest BCUT2D eigenvalue weighted by Gasteiger charge is -2.25. The SMILES string of the molecule is O=C(NCCO)c1cc([N+](=O)[O-])ccc1N(CCCl)CCCl. The van der Waals surface area contributed by atoms with Gasteiger partial charge in [0.2, 0.25) is 0 Å². The summed E-state index contributed by atoms with van der Waals surface area (Å²) in [6.07, 6.45) is 0. The van der Waals surface area contributed by atoms with Crippen LogP contribution in [0.25, 0.3) is 0 Å². The molecule has 0 spiro atoms. The van der Waals surface area contributed by atoms with Crippen molar-refractivity contribution < 1.29 is 14.8 Å². The molecule has 0 bridgehead atoms. The highest BCUT2D eigenvalue weighted by molar-refractivity contribution is 6.18. The summed E-state index contributed by atoms with van der Waals surface area (Å²) in [6.45, 7) is 0.744. The number of nitrogens with zero attached hydrogens (tertiary/aromatic N) is 2. The van der Waals surface area contributed by atoms with Crippen LogP contribution in [0.5, 0.6) is 0 Å². The maximum absolute atomic E-state index is 12.2. The molecule has 9 heteroatoms. The first-order valence-electron chi connectivity index (χ1n) is 6.59. The van der Waals surface area contributed by atoms with E-state index < -0.39 is 10.8 Å². The van der Waals surface area contributed by atoms with Gasteiger partial charge in [0.25, 0.3) is 11.6 Å². The van der Waals surface area contributed by atoms with Crippen molar-refractivity contribution in [1.82, 2.24) is 5.32 Å². The summed E-state index contributed by atoms with van der Waals surface area (Å²) in [6, 6.07) is 4.04. The lowest BCUT2D eigenvalue weighted by atomic mass is 10.1. The minimum atomic E-state index is -0.569. The molecule has 0 saturated heterocycles. The Morgan fingerprint density at radius 3 is 2.45 bits per heavy atom. The minimum absolute atomic E-state index is 0.0615. The Morgan fingerprint density at radius 2 is 1.95 bits per heavy atom. The third-order valence-electron chi connectivity index (χ3n) is 2.88. The zero-order chi connectivity index (χ0) is 16.5. The van der Waals surface area contributed by atoms with E-state index in [-0.39, 0.29) is 24.4 Å². The van der Waals surface area contributed by atoms with Gasteiger partial charge in [-0.3, -0.25) is 14.9 Å². The molecule has 1 aromatic carbocycles. The molecule has 0 aromatic heterocycles. The molecule has 0 unspecified atom stereocenters. The summed E-state index contributed by atoms with van der Waals surface area (Å²) >= 11 is 11.5. The van der Waals surface area contributed by atoms with Crippen LogP contribution in [-0.4, -0.2) is 53.9 Å². The molecule has 0 radical (unpaired) electrons. The molecule has 22 heavy (non-hydrogen) atoms. The zero-order valence-corrected chi connectivity index (χ0v) is 13.3. The largest absolute Gasteiger partial charge is 0.395 e. The first-order chi connectivity index (χ1) is 10.5. The van der Waals surface area contributed by atoms with Crippen molar-refractivity contribution in [2.75, 3.05) is 42.9 Å². The van der Waals surface area contributed by atoms with Gasteiger partial charge in [-0.2, -0.15) is 0 Å². The van der Waals surface area contributed by atoms with Gasteiger partial charge in [0.05, 0.1) is 22.8 Å². The highest BCUT2D eigenvalue weighted by atomic mass is 35.5. The van der Waals surface area contributed by atoms with Gasteiger partial charge >= 0.3 is 0 Å². The van der Waals surface area contributed by atoms with E-state index in [1.165, 1.54) is 18.2 Å². The highest BCUT2D eigenvalue weighted by Gasteiger charge is 2.20. The Morgan fingerprint density at radius 1 is 1.32 bits per heavy atom. The summed E-state index contributed by atoms with van der Waals surface area (Å²) < 4.78 is 0. The van der Waals surface area contributed by atoms with E-state index in [0.717, 1.165) is 0 Å². The second kappa shape index (κ2) is 9.45. The summed E-state index contributed by atoms with van der Waals surface area (Å²) in [7, 11) is 0. The van der Waals surface area contributed by atoms with Gasteiger partial charge in [-0.15, -0.1) is 23.2 Å². The summed E-state index contributed by atoms with van der Waals surface area (Å²) in [5.41, 5.74) is 0.481. The van der Waals surface area contributed by atoms with Crippen LogP contribution in [0.4, 0.5) is 11.4 Å². The van der Waals surface area contributed by atoms with Crippen molar-refractivity contribution in [2.45, 2.75) is 0 Å². The van der Waals surface area contributed by atoms with Crippen molar-refractivity contribution in [3.8, 4) is 0 Å². The Balaban J connectivity index is 3.22. The number of non-ortho nitro benzene ring substituents is 1. The van der Waals surface area contributed by atoms with E-state index in [4.69, 9.17) is 28.3 Å². The predicted octanol–water partition coefficient (Wildman–Crippen LogP) is 1.60. The Hall–Kier alpha value is -1.57. The van der Waals surface area contributed by atoms with Gasteiger partial charge in [0.1, 0.15) is 0 Å². The van der Waals surface area contributed by atoms with Crippen LogP contribution in [0.15, 0.2) is 18.2 Å². The molecule has 1 aromatic rings. The standard InChI is InChI=1S/C13H17Cl2N3O4/c14-3-6-17(7-4-15)12-2-1-10(18(21)22)9-11(12)13(20)16-5-8-19/h1-2,9,19H,3-8H2,(H,16,20). The first-order valence-corrected chi connectivity index (χ1v) is 7.66. The maximum Gasteiger partial charge on any atom is 0.270 e. The number of nitro benzene ring substituents is 1. The maximum atomic E-state index is 12.2. The molecule has 0 aliphatic rings. The number of anilines is 1. The molecule has 122 valence electrons. The minimum Gasteiger partial charge on any atom is -0.395 e. The normalized spacial score (nSPS) is 10.3. The fraction of sp³-hybridized carbons (Fsp3) is 0.462. The van der Waals surface area contributed by atoms with E-state index in [1.54, 1.807) is 4.90 Å². The molecule has 0 atom stereocenters. The van der Waals surface area contributed by atoms with Crippen LogP contribution >= 0.6 is 23.2 Å². The lowest BCUT2D eigenvalue weighted by molar-refractivity contribution is -0.384. The molecule has 7 nitrogen and oxygen atoms in total. The van der Waals surface area contributed by atoms with E-state index in [1.807, 2.05) is 0 Å². The van der Waals surface area contributed by atoms with E-state index in [9.17, 15) is 14.9 Å². The topological polar surface area (TPSA) is 95.7 Å². The van der Waals surface area contributed by atoms with Crippen molar-refractivity contribution in [3.05, 3.63) is 33.9 Å². The van der Waals surface area contributed by atoms with Crippen molar-refractivity contribution in [1.29, 1.82) is 0 Å². The molecule has 1 amide bonds. The van der Waals surface area contributed by atoms with Crippen molar-refractivity contribution in [2.24, 2.45) is 0 Å². The van der Waals surface area contributed by atoms with Gasteiger partial charge in [-0.05, 0) is 6.07 Å². The fourth-order valence-electron chi connectivity index (χ4n) is 1.92. The van der Waals surface area contributed by atoms with Gasteiger partial charge in [0.15, 0.2) is 0 Å². The fourth-order valence-corrected chi connectivity index (χ4v) is 2.32. The molecule has 1 rings (SSSR count). The van der Waals surface area contributed by atoms with Crippen LogP contribution in [0, 0.1) is 10.1 Å². The number of alkyl halides is 2. The molecule has 0 aliphatic carbocycles. The smallest absolute Gasteiger partial charge is 0.270 e. The third-order valence-corrected chi connectivity index (χ3v) is 3.22. The zero-order valence-electron chi connectivity index (χ0n) is 11.8. The molecule has 2 N–H and O–H groups in total. The Kier molecular flexibility index (Phi) is 7.94. The number of nitrogens with one attached hydrogen (secondary N) is 1. The summed E-state index contributed by atoms with van der Waals surface area (Å²) in [4.78, 5) is 24.3. The molecular weight excluding hydrogens is 333 g/mol. The number of aliphatic hydroxyl groups is 1. The quantitative estimate of drug-likeness (QED) is 0.401. The molecular formula is C13H17Cl2N3O4. The van der Waals surface area contributed by atoms with Crippen molar-refractivity contribution in [3.63, 3.8) is 0 Å². The number of nitro groups is 1. The van der Waals surface area contributed by atoms with Crippen LogP contribution < -0.4 is 10.2 Å². The highest BCUT2D eigenvalue weighted by Crippen LogP contribution is 2.26. The van der Waals surface area contributed by atoms with Crippen molar-refractivity contribution >= 4 is 40.5 Å². The number of rotatable bonds is 9. The van der Waals surface area contributed by atoms with Crippen LogP contribution in [0.1, 0.15) is 10.4 Å². The lowest BCUT2D eigenvalue weighted by Crippen LogP contribution is -2.32. The summed E-state index contributed by atoms with van der Waals surface area (Å²) in [5, 5.41) is 22.2. The molecule has 0 fully saturated rings. The molecule has 0 saturated carbocycles. The number of amides is 1. The van der Waals surface area contributed by atoms with Crippen LogP contribution in [-0.2, 0) is 0 Å². The second-order valence-corrected chi connectivity index (χ2v) is 5.06. The van der Waals surface area contributed by atoms with Gasteiger partial charge in [-0.25, -0.2) is 0 Å². The predicted molar refractivity (Wildman–Crippen MR) is 86.2 cm³/mol. The van der Waals surface area contributed by atoms with Crippen LogP contribution in [0.2, 0.25) is 0 Å².